The Hall–Kier alpha value is -1.55. The number of rotatable bonds is 5. The highest BCUT2D eigenvalue weighted by atomic mass is 16.5. The van der Waals surface area contributed by atoms with E-state index >= 15 is 0 Å². The Morgan fingerprint density at radius 3 is 2.74 bits per heavy atom. The molecule has 4 heteroatoms. The van der Waals surface area contributed by atoms with Crippen molar-refractivity contribution in [1.82, 2.24) is 4.90 Å². The summed E-state index contributed by atoms with van der Waals surface area (Å²) in [4.78, 5) is 13.1. The minimum absolute atomic E-state index is 0.271. The van der Waals surface area contributed by atoms with Gasteiger partial charge in [-0.15, -0.1) is 0 Å². The van der Waals surface area contributed by atoms with Gasteiger partial charge < -0.3 is 20.2 Å². The molecule has 1 aromatic rings. The van der Waals surface area contributed by atoms with Crippen LogP contribution in [0.25, 0.3) is 0 Å². The Morgan fingerprint density at radius 1 is 1.42 bits per heavy atom. The van der Waals surface area contributed by atoms with Crippen LogP contribution < -0.4 is 10.5 Å². The molecule has 0 radical (unpaired) electrons. The monoisotopic (exact) mass is 262 g/mol. The maximum Gasteiger partial charge on any atom is 0.141 e. The Labute approximate surface area is 114 Å². The maximum absolute atomic E-state index is 10.7. The van der Waals surface area contributed by atoms with Gasteiger partial charge in [-0.05, 0) is 50.0 Å². The number of hydrogen-bond acceptors (Lipinski definition) is 4. The van der Waals surface area contributed by atoms with Gasteiger partial charge in [-0.3, -0.25) is 0 Å². The Bertz CT molecular complexity index is 426. The largest absolute Gasteiger partial charge is 0.495 e. The van der Waals surface area contributed by atoms with Crippen LogP contribution in [0.1, 0.15) is 18.4 Å². The number of hydrogen-bond donors (Lipinski definition) is 1. The first-order valence-electron chi connectivity index (χ1n) is 6.83. The third-order valence-electron chi connectivity index (χ3n) is 3.84. The number of carbonyl (C=O) groups excluding carboxylic acids is 1. The fourth-order valence-electron chi connectivity index (χ4n) is 2.54. The molecule has 1 aliphatic heterocycles. The summed E-state index contributed by atoms with van der Waals surface area (Å²) >= 11 is 0. The van der Waals surface area contributed by atoms with E-state index in [-0.39, 0.29) is 5.92 Å². The van der Waals surface area contributed by atoms with E-state index in [9.17, 15) is 4.79 Å². The molecule has 0 bridgehead atoms. The normalized spacial score (nSPS) is 17.3. The van der Waals surface area contributed by atoms with Crippen molar-refractivity contribution in [2.24, 2.45) is 5.92 Å². The molecular weight excluding hydrogens is 240 g/mol. The van der Waals surface area contributed by atoms with Gasteiger partial charge in [-0.1, -0.05) is 6.07 Å². The molecule has 1 saturated heterocycles. The van der Waals surface area contributed by atoms with Gasteiger partial charge in [-0.2, -0.15) is 0 Å². The van der Waals surface area contributed by atoms with E-state index in [4.69, 9.17) is 10.5 Å². The van der Waals surface area contributed by atoms with E-state index in [1.54, 1.807) is 7.11 Å². The topological polar surface area (TPSA) is 55.6 Å². The van der Waals surface area contributed by atoms with Crippen LogP contribution in [0.15, 0.2) is 18.2 Å². The van der Waals surface area contributed by atoms with Crippen LogP contribution in [0.4, 0.5) is 5.69 Å². The van der Waals surface area contributed by atoms with Gasteiger partial charge in [0.05, 0.1) is 12.8 Å². The van der Waals surface area contributed by atoms with Crippen molar-refractivity contribution in [1.29, 1.82) is 0 Å². The van der Waals surface area contributed by atoms with Crippen molar-refractivity contribution < 1.29 is 9.53 Å². The highest BCUT2D eigenvalue weighted by Crippen LogP contribution is 2.22. The predicted molar refractivity (Wildman–Crippen MR) is 76.3 cm³/mol. The van der Waals surface area contributed by atoms with Gasteiger partial charge in [-0.25, -0.2) is 0 Å². The minimum Gasteiger partial charge on any atom is -0.495 e. The summed E-state index contributed by atoms with van der Waals surface area (Å²) in [6.07, 6.45) is 4.07. The lowest BCUT2D eigenvalue weighted by Gasteiger charge is -2.29. The zero-order valence-electron chi connectivity index (χ0n) is 11.5. The van der Waals surface area contributed by atoms with Crippen LogP contribution in [0.3, 0.4) is 0 Å². The Morgan fingerprint density at radius 2 is 2.16 bits per heavy atom. The number of aldehydes is 1. The van der Waals surface area contributed by atoms with E-state index in [1.165, 1.54) is 5.56 Å². The molecule has 19 heavy (non-hydrogen) atoms. The van der Waals surface area contributed by atoms with E-state index < -0.39 is 0 Å². The molecule has 0 aliphatic carbocycles. The number of methoxy groups -OCH3 is 1. The number of ether oxygens (including phenoxy) is 1. The van der Waals surface area contributed by atoms with Gasteiger partial charge in [0.1, 0.15) is 12.0 Å². The first kappa shape index (κ1) is 13.9. The molecule has 4 nitrogen and oxygen atoms in total. The quantitative estimate of drug-likeness (QED) is 0.648. The van der Waals surface area contributed by atoms with Crippen molar-refractivity contribution in [3.05, 3.63) is 23.8 Å². The first-order chi connectivity index (χ1) is 9.22. The van der Waals surface area contributed by atoms with Crippen LogP contribution in [0.2, 0.25) is 0 Å². The number of nitrogens with zero attached hydrogens (tertiary/aromatic N) is 1. The fraction of sp³-hybridized carbons (Fsp3) is 0.533. The van der Waals surface area contributed by atoms with Gasteiger partial charge >= 0.3 is 0 Å². The molecule has 0 unspecified atom stereocenters. The summed E-state index contributed by atoms with van der Waals surface area (Å²) in [6.45, 7) is 3.07. The second-order valence-electron chi connectivity index (χ2n) is 5.14. The number of benzene rings is 1. The number of anilines is 1. The molecule has 1 heterocycles. The smallest absolute Gasteiger partial charge is 0.141 e. The number of nitrogen functional groups attached to an aromatic ring is 1. The van der Waals surface area contributed by atoms with E-state index in [1.807, 2.05) is 12.1 Å². The third-order valence-corrected chi connectivity index (χ3v) is 3.84. The summed E-state index contributed by atoms with van der Waals surface area (Å²) in [7, 11) is 1.63. The predicted octanol–water partition coefficient (Wildman–Crippen LogP) is 1.73. The minimum atomic E-state index is 0.271. The number of nitrogens with two attached hydrogens (primary N) is 1. The summed E-state index contributed by atoms with van der Waals surface area (Å²) in [5.41, 5.74) is 7.83. The molecule has 0 aromatic heterocycles. The Balaban J connectivity index is 1.82. The molecule has 104 valence electrons. The first-order valence-corrected chi connectivity index (χ1v) is 6.83. The molecule has 2 rings (SSSR count). The van der Waals surface area contributed by atoms with Crippen LogP contribution in [-0.2, 0) is 11.2 Å². The number of carbonyl (C=O) groups is 1. The van der Waals surface area contributed by atoms with Gasteiger partial charge in [0, 0.05) is 12.5 Å². The van der Waals surface area contributed by atoms with Crippen molar-refractivity contribution in [2.45, 2.75) is 19.3 Å². The second-order valence-corrected chi connectivity index (χ2v) is 5.14. The fourth-order valence-corrected chi connectivity index (χ4v) is 2.54. The zero-order chi connectivity index (χ0) is 13.7. The molecule has 0 amide bonds. The zero-order valence-corrected chi connectivity index (χ0v) is 11.5. The van der Waals surface area contributed by atoms with Crippen LogP contribution in [0, 0.1) is 5.92 Å². The average molecular weight is 262 g/mol. The van der Waals surface area contributed by atoms with Crippen molar-refractivity contribution >= 4 is 12.0 Å². The van der Waals surface area contributed by atoms with E-state index in [0.29, 0.717) is 5.69 Å². The van der Waals surface area contributed by atoms with E-state index in [0.717, 1.165) is 50.9 Å². The summed E-state index contributed by atoms with van der Waals surface area (Å²) in [5, 5.41) is 0. The molecule has 1 fully saturated rings. The number of likely N-dealkylation sites (tertiary alicyclic amines) is 1. The standard InChI is InChI=1S/C15H22N2O2/c1-19-15-3-2-12(10-14(15)16)4-7-17-8-5-13(11-18)6-9-17/h2-3,10-11,13H,4-9,16H2,1H3. The Kier molecular flexibility index (Phi) is 4.80. The van der Waals surface area contributed by atoms with Crippen LogP contribution in [0.5, 0.6) is 5.75 Å². The van der Waals surface area contributed by atoms with E-state index in [2.05, 4.69) is 11.0 Å². The molecule has 1 aromatic carbocycles. The SMILES string of the molecule is COc1ccc(CCN2CCC(C=O)CC2)cc1N. The summed E-state index contributed by atoms with van der Waals surface area (Å²) in [6, 6.07) is 5.97. The summed E-state index contributed by atoms with van der Waals surface area (Å²) in [5.74, 6) is 1.00. The van der Waals surface area contributed by atoms with Crippen LogP contribution >= 0.6 is 0 Å². The molecular formula is C15H22N2O2. The highest BCUT2D eigenvalue weighted by molar-refractivity contribution is 5.54. The third kappa shape index (κ3) is 3.70. The average Bonchev–Trinajstić information content (AvgIpc) is 2.46. The molecule has 0 spiro atoms. The molecule has 0 atom stereocenters. The van der Waals surface area contributed by atoms with Gasteiger partial charge in [0.15, 0.2) is 0 Å². The lowest BCUT2D eigenvalue weighted by Crippen LogP contribution is -2.35. The summed E-state index contributed by atoms with van der Waals surface area (Å²) < 4.78 is 5.15. The molecule has 2 N–H and O–H groups in total. The van der Waals surface area contributed by atoms with Gasteiger partial charge in [0.2, 0.25) is 0 Å². The van der Waals surface area contributed by atoms with Crippen molar-refractivity contribution in [2.75, 3.05) is 32.5 Å². The second kappa shape index (κ2) is 6.57. The maximum atomic E-state index is 10.7. The lowest BCUT2D eigenvalue weighted by atomic mass is 9.98. The van der Waals surface area contributed by atoms with Crippen molar-refractivity contribution in [3.63, 3.8) is 0 Å². The number of piperidine rings is 1. The highest BCUT2D eigenvalue weighted by Gasteiger charge is 2.17. The molecule has 1 aliphatic rings. The van der Waals surface area contributed by atoms with Gasteiger partial charge in [0.25, 0.3) is 0 Å². The van der Waals surface area contributed by atoms with Crippen molar-refractivity contribution in [3.8, 4) is 5.75 Å². The molecule has 0 saturated carbocycles. The lowest BCUT2D eigenvalue weighted by molar-refractivity contribution is -0.112. The van der Waals surface area contributed by atoms with Crippen LogP contribution in [-0.4, -0.2) is 37.9 Å².